The molecule has 2 atom stereocenters. The number of methoxy groups -OCH3 is 2. The second kappa shape index (κ2) is 9.70. The van der Waals surface area contributed by atoms with Gasteiger partial charge in [0.05, 0.1) is 14.2 Å². The Morgan fingerprint density at radius 2 is 1.17 bits per heavy atom. The van der Waals surface area contributed by atoms with Crippen LogP contribution < -0.4 is 9.47 Å². The second-order valence-electron chi connectivity index (χ2n) is 7.62. The molecule has 0 N–H and O–H groups in total. The number of carbonyl (C=O) groups is 2. The van der Waals surface area contributed by atoms with Crippen LogP contribution in [0.3, 0.4) is 0 Å². The van der Waals surface area contributed by atoms with Crippen molar-refractivity contribution in [3.63, 3.8) is 0 Å². The molecular weight excluding hydrogens is 366 g/mol. The number of rotatable bonds is 8. The molecular formula is C24H29NO4. The maximum absolute atomic E-state index is 12.7. The van der Waals surface area contributed by atoms with E-state index in [1.165, 1.54) is 0 Å². The summed E-state index contributed by atoms with van der Waals surface area (Å²) in [5, 5.41) is 0. The SMILES string of the molecule is COc1ccc(C(=O)CC2CCCC(CC(=O)c3ccc(OC)cc3)N2C)cc1. The Morgan fingerprint density at radius 3 is 1.52 bits per heavy atom. The van der Waals surface area contributed by atoms with Crippen LogP contribution in [0.25, 0.3) is 0 Å². The molecule has 0 aliphatic carbocycles. The van der Waals surface area contributed by atoms with Gasteiger partial charge in [0, 0.05) is 36.1 Å². The zero-order valence-corrected chi connectivity index (χ0v) is 17.4. The van der Waals surface area contributed by atoms with Gasteiger partial charge >= 0.3 is 0 Å². The van der Waals surface area contributed by atoms with E-state index in [9.17, 15) is 9.59 Å². The molecule has 1 saturated heterocycles. The van der Waals surface area contributed by atoms with E-state index in [0.717, 1.165) is 30.8 Å². The molecule has 5 heteroatoms. The minimum absolute atomic E-state index is 0.131. The summed E-state index contributed by atoms with van der Waals surface area (Å²) in [7, 11) is 5.26. The fourth-order valence-corrected chi connectivity index (χ4v) is 4.00. The Morgan fingerprint density at radius 1 is 0.793 bits per heavy atom. The van der Waals surface area contributed by atoms with Gasteiger partial charge in [-0.1, -0.05) is 6.42 Å². The molecule has 29 heavy (non-hydrogen) atoms. The lowest BCUT2D eigenvalue weighted by molar-refractivity contribution is 0.0723. The Labute approximate surface area is 172 Å². The molecule has 0 amide bonds. The van der Waals surface area contributed by atoms with Gasteiger partial charge in [-0.3, -0.25) is 14.5 Å². The first-order valence-corrected chi connectivity index (χ1v) is 10.1. The smallest absolute Gasteiger partial charge is 0.164 e. The van der Waals surface area contributed by atoms with Crippen LogP contribution >= 0.6 is 0 Å². The molecule has 1 aliphatic heterocycles. The summed E-state index contributed by atoms with van der Waals surface area (Å²) >= 11 is 0. The van der Waals surface area contributed by atoms with Crippen molar-refractivity contribution >= 4 is 11.6 Å². The number of piperidine rings is 1. The molecule has 0 aromatic heterocycles. The van der Waals surface area contributed by atoms with Crippen molar-refractivity contribution in [1.82, 2.24) is 4.90 Å². The van der Waals surface area contributed by atoms with Crippen molar-refractivity contribution in [2.24, 2.45) is 0 Å². The molecule has 3 rings (SSSR count). The number of likely N-dealkylation sites (tertiary alicyclic amines) is 1. The maximum Gasteiger partial charge on any atom is 0.164 e. The molecule has 0 saturated carbocycles. The molecule has 1 aliphatic rings. The Balaban J connectivity index is 1.60. The van der Waals surface area contributed by atoms with Crippen LogP contribution in [0.4, 0.5) is 0 Å². The third-order valence-corrected chi connectivity index (χ3v) is 5.89. The fraction of sp³-hybridized carbons (Fsp3) is 0.417. The lowest BCUT2D eigenvalue weighted by atomic mass is 9.88. The van der Waals surface area contributed by atoms with Crippen LogP contribution in [0, 0.1) is 0 Å². The summed E-state index contributed by atoms with van der Waals surface area (Å²) in [5.74, 6) is 1.75. The minimum atomic E-state index is 0.131. The van der Waals surface area contributed by atoms with Gasteiger partial charge in [0.15, 0.2) is 11.6 Å². The second-order valence-corrected chi connectivity index (χ2v) is 7.62. The average Bonchev–Trinajstić information content (AvgIpc) is 2.76. The van der Waals surface area contributed by atoms with E-state index in [0.29, 0.717) is 24.0 Å². The van der Waals surface area contributed by atoms with Crippen molar-refractivity contribution in [2.75, 3.05) is 21.3 Å². The fourth-order valence-electron chi connectivity index (χ4n) is 4.00. The van der Waals surface area contributed by atoms with Crippen molar-refractivity contribution < 1.29 is 19.1 Å². The van der Waals surface area contributed by atoms with Gasteiger partial charge < -0.3 is 9.47 Å². The highest BCUT2D eigenvalue weighted by atomic mass is 16.5. The zero-order valence-electron chi connectivity index (χ0n) is 17.4. The van der Waals surface area contributed by atoms with E-state index in [1.807, 2.05) is 55.6 Å². The number of hydrogen-bond acceptors (Lipinski definition) is 5. The van der Waals surface area contributed by atoms with Crippen molar-refractivity contribution in [3.8, 4) is 11.5 Å². The molecule has 154 valence electrons. The van der Waals surface area contributed by atoms with Crippen LogP contribution in [-0.2, 0) is 0 Å². The predicted molar refractivity (Wildman–Crippen MR) is 113 cm³/mol. The zero-order chi connectivity index (χ0) is 20.8. The van der Waals surface area contributed by atoms with Crippen molar-refractivity contribution in [1.29, 1.82) is 0 Å². The molecule has 5 nitrogen and oxygen atoms in total. The number of hydrogen-bond donors (Lipinski definition) is 0. The van der Waals surface area contributed by atoms with Gasteiger partial charge in [0.25, 0.3) is 0 Å². The minimum Gasteiger partial charge on any atom is -0.497 e. The van der Waals surface area contributed by atoms with Gasteiger partial charge in [-0.05, 0) is 68.4 Å². The highest BCUT2D eigenvalue weighted by Crippen LogP contribution is 2.28. The summed E-state index contributed by atoms with van der Waals surface area (Å²) < 4.78 is 10.3. The third-order valence-electron chi connectivity index (χ3n) is 5.89. The van der Waals surface area contributed by atoms with E-state index in [-0.39, 0.29) is 23.7 Å². The first-order valence-electron chi connectivity index (χ1n) is 10.1. The summed E-state index contributed by atoms with van der Waals surface area (Å²) in [6, 6.07) is 14.8. The summed E-state index contributed by atoms with van der Waals surface area (Å²) in [6.45, 7) is 0. The van der Waals surface area contributed by atoms with Gasteiger partial charge in [0.1, 0.15) is 11.5 Å². The number of nitrogens with zero attached hydrogens (tertiary/aromatic N) is 1. The lowest BCUT2D eigenvalue weighted by Crippen LogP contribution is -2.45. The Hall–Kier alpha value is -2.66. The maximum atomic E-state index is 12.7. The standard InChI is InChI=1S/C24H29NO4/c1-25-19(15-23(26)17-7-11-21(28-2)12-8-17)5-4-6-20(25)16-24(27)18-9-13-22(29-3)14-10-18/h7-14,19-20H,4-6,15-16H2,1-3H3. The number of Topliss-reactive ketones (excluding diaryl/α,β-unsaturated/α-hetero) is 2. The number of ketones is 2. The van der Waals surface area contributed by atoms with E-state index < -0.39 is 0 Å². The number of carbonyl (C=O) groups excluding carboxylic acids is 2. The molecule has 0 radical (unpaired) electrons. The van der Waals surface area contributed by atoms with Crippen LogP contribution in [0.1, 0.15) is 52.8 Å². The third kappa shape index (κ3) is 5.24. The van der Waals surface area contributed by atoms with Gasteiger partial charge in [-0.15, -0.1) is 0 Å². The number of benzene rings is 2. The first-order chi connectivity index (χ1) is 14.0. The largest absolute Gasteiger partial charge is 0.497 e. The summed E-state index contributed by atoms with van der Waals surface area (Å²) in [6.07, 6.45) is 3.93. The summed E-state index contributed by atoms with van der Waals surface area (Å²) in [5.41, 5.74) is 1.41. The molecule has 2 unspecified atom stereocenters. The van der Waals surface area contributed by atoms with E-state index >= 15 is 0 Å². The first kappa shape index (κ1) is 21.1. The average molecular weight is 395 g/mol. The molecule has 1 fully saturated rings. The van der Waals surface area contributed by atoms with Crippen LogP contribution in [0.2, 0.25) is 0 Å². The monoisotopic (exact) mass is 395 g/mol. The van der Waals surface area contributed by atoms with E-state index in [4.69, 9.17) is 9.47 Å². The van der Waals surface area contributed by atoms with Crippen molar-refractivity contribution in [3.05, 3.63) is 59.7 Å². The van der Waals surface area contributed by atoms with Crippen molar-refractivity contribution in [2.45, 2.75) is 44.2 Å². The molecule has 2 aromatic rings. The normalized spacial score (nSPS) is 19.6. The van der Waals surface area contributed by atoms with Crippen LogP contribution in [0.5, 0.6) is 11.5 Å². The Kier molecular flexibility index (Phi) is 7.04. The molecule has 1 heterocycles. The van der Waals surface area contributed by atoms with Gasteiger partial charge in [-0.25, -0.2) is 0 Å². The highest BCUT2D eigenvalue weighted by molar-refractivity contribution is 5.97. The van der Waals surface area contributed by atoms with E-state index in [2.05, 4.69) is 4.90 Å². The molecule has 2 aromatic carbocycles. The summed E-state index contributed by atoms with van der Waals surface area (Å²) in [4.78, 5) is 27.7. The highest BCUT2D eigenvalue weighted by Gasteiger charge is 2.30. The van der Waals surface area contributed by atoms with Gasteiger partial charge in [0.2, 0.25) is 0 Å². The molecule has 0 spiro atoms. The predicted octanol–water partition coefficient (Wildman–Crippen LogP) is 4.40. The Bertz CT molecular complexity index is 759. The lowest BCUT2D eigenvalue weighted by Gasteiger charge is -2.39. The quantitative estimate of drug-likeness (QED) is 0.620. The van der Waals surface area contributed by atoms with Gasteiger partial charge in [-0.2, -0.15) is 0 Å². The van der Waals surface area contributed by atoms with Crippen LogP contribution in [-0.4, -0.2) is 49.8 Å². The molecule has 0 bridgehead atoms. The number of ether oxygens (including phenoxy) is 2. The van der Waals surface area contributed by atoms with Crippen LogP contribution in [0.15, 0.2) is 48.5 Å². The topological polar surface area (TPSA) is 55.8 Å². The van der Waals surface area contributed by atoms with E-state index in [1.54, 1.807) is 14.2 Å².